The van der Waals surface area contributed by atoms with Crippen molar-refractivity contribution in [1.82, 2.24) is 0 Å². The van der Waals surface area contributed by atoms with Gasteiger partial charge in [0.05, 0.1) is 0 Å². The zero-order valence-electron chi connectivity index (χ0n) is 2.92. The predicted molar refractivity (Wildman–Crippen MR) is 20.9 cm³/mol. The van der Waals surface area contributed by atoms with Crippen molar-refractivity contribution in [3.63, 3.8) is 0 Å². The van der Waals surface area contributed by atoms with Crippen LogP contribution in [-0.2, 0) is 8.23 Å². The smallest absolute Gasteiger partial charge is 0.376 e. The first-order valence-electron chi connectivity index (χ1n) is 1.43. The maximum Gasteiger partial charge on any atom is 0.655 e. The predicted octanol–water partition coefficient (Wildman–Crippen LogP) is -2.55. The van der Waals surface area contributed by atoms with Crippen molar-refractivity contribution < 1.29 is 17.8 Å². The molecule has 36 valence electrons. The fraction of sp³-hybridized carbons (Fsp3) is 0. The highest BCUT2D eigenvalue weighted by atomic mass is 28.5. The monoisotopic (exact) mass is 124 g/mol. The van der Waals surface area contributed by atoms with Gasteiger partial charge in [-0.1, -0.05) is 0 Å². The van der Waals surface area contributed by atoms with Crippen molar-refractivity contribution in [2.45, 2.75) is 0 Å². The SMILES string of the molecule is O[Si]1(O)O[SiH2]O1. The Kier molecular flexibility index (Phi) is 0.828. The zero-order chi connectivity index (χ0) is 4.62. The summed E-state index contributed by atoms with van der Waals surface area (Å²) in [4.78, 5) is 16.4. The topological polar surface area (TPSA) is 58.9 Å². The number of rotatable bonds is 0. The maximum atomic E-state index is 8.20. The summed E-state index contributed by atoms with van der Waals surface area (Å²) in [6.45, 7) is 0. The minimum Gasteiger partial charge on any atom is -0.376 e. The minimum absolute atomic E-state index is 0.937. The lowest BCUT2D eigenvalue weighted by molar-refractivity contribution is 0.0740. The Hall–Kier alpha value is 0.274. The largest absolute Gasteiger partial charge is 0.655 e. The van der Waals surface area contributed by atoms with Gasteiger partial charge < -0.3 is 17.8 Å². The van der Waals surface area contributed by atoms with Gasteiger partial charge in [0.1, 0.15) is 0 Å². The Labute approximate surface area is 37.9 Å². The van der Waals surface area contributed by atoms with Crippen LogP contribution in [0.2, 0.25) is 0 Å². The molecule has 0 unspecified atom stereocenters. The summed E-state index contributed by atoms with van der Waals surface area (Å²) in [6, 6.07) is 0. The Morgan fingerprint density at radius 3 is 1.67 bits per heavy atom. The molecule has 6 heavy (non-hydrogen) atoms. The molecule has 0 spiro atoms. The van der Waals surface area contributed by atoms with Crippen molar-refractivity contribution in [2.24, 2.45) is 0 Å². The van der Waals surface area contributed by atoms with Gasteiger partial charge in [0, 0.05) is 0 Å². The lowest BCUT2D eigenvalue weighted by Gasteiger charge is -2.25. The lowest BCUT2D eigenvalue weighted by atomic mass is 15.6. The average molecular weight is 124 g/mol. The molecule has 0 saturated carbocycles. The molecule has 1 aliphatic heterocycles. The molecule has 6 heteroatoms. The third-order valence-electron chi connectivity index (χ3n) is 0.494. The van der Waals surface area contributed by atoms with E-state index in [0.717, 1.165) is 0 Å². The second-order valence-electron chi connectivity index (χ2n) is 0.955. The molecule has 0 radical (unpaired) electrons. The lowest BCUT2D eigenvalue weighted by Crippen LogP contribution is -2.55. The van der Waals surface area contributed by atoms with E-state index >= 15 is 0 Å². The summed E-state index contributed by atoms with van der Waals surface area (Å²) in [6.07, 6.45) is 0. The molecule has 1 saturated heterocycles. The van der Waals surface area contributed by atoms with Crippen LogP contribution in [0.25, 0.3) is 0 Å². The molecule has 2 N–H and O–H groups in total. The first-order valence-corrected chi connectivity index (χ1v) is 4.30. The third-order valence-corrected chi connectivity index (χ3v) is 4.45. The van der Waals surface area contributed by atoms with Crippen molar-refractivity contribution in [1.29, 1.82) is 0 Å². The molecular weight excluding hydrogens is 120 g/mol. The van der Waals surface area contributed by atoms with Gasteiger partial charge in [0.2, 0.25) is 0 Å². The van der Waals surface area contributed by atoms with E-state index in [1.54, 1.807) is 0 Å². The van der Waals surface area contributed by atoms with E-state index in [1.165, 1.54) is 0 Å². The van der Waals surface area contributed by atoms with Crippen LogP contribution in [0.1, 0.15) is 0 Å². The van der Waals surface area contributed by atoms with Gasteiger partial charge in [0.15, 0.2) is 0 Å². The Bertz CT molecular complexity index is 52.6. The summed E-state index contributed by atoms with van der Waals surface area (Å²) >= 11 is 0. The molecule has 0 bridgehead atoms. The third kappa shape index (κ3) is 0.669. The molecule has 1 heterocycles. The minimum atomic E-state index is -3.39. The van der Waals surface area contributed by atoms with E-state index in [-0.39, 0.29) is 0 Å². The van der Waals surface area contributed by atoms with Gasteiger partial charge in [0.25, 0.3) is 10.0 Å². The van der Waals surface area contributed by atoms with Crippen molar-refractivity contribution in [3.05, 3.63) is 0 Å². The van der Waals surface area contributed by atoms with Crippen LogP contribution in [0.5, 0.6) is 0 Å². The van der Waals surface area contributed by atoms with E-state index < -0.39 is 19.1 Å². The van der Waals surface area contributed by atoms with Gasteiger partial charge >= 0.3 is 9.05 Å². The van der Waals surface area contributed by atoms with Crippen molar-refractivity contribution in [3.8, 4) is 0 Å². The standard InChI is InChI=1S/H4O4Si2/c1-6(2)3-5-4-6/h1-2H,5H2. The Morgan fingerprint density at radius 1 is 1.33 bits per heavy atom. The highest BCUT2D eigenvalue weighted by Gasteiger charge is 2.44. The van der Waals surface area contributed by atoms with Crippen LogP contribution < -0.4 is 0 Å². The summed E-state index contributed by atoms with van der Waals surface area (Å²) in [7, 11) is -4.33. The fourth-order valence-electron chi connectivity index (χ4n) is 0.164. The maximum absolute atomic E-state index is 8.20. The quantitative estimate of drug-likeness (QED) is 0.349. The van der Waals surface area contributed by atoms with Gasteiger partial charge in [-0.05, 0) is 0 Å². The highest BCUT2D eigenvalue weighted by Crippen LogP contribution is 2.04. The average Bonchev–Trinajstić information content (AvgIpc) is 1.32. The molecule has 1 aliphatic rings. The molecule has 0 aliphatic carbocycles. The zero-order valence-corrected chi connectivity index (χ0v) is 5.33. The summed E-state index contributed by atoms with van der Waals surface area (Å²) < 4.78 is 8.57. The van der Waals surface area contributed by atoms with Crippen LogP contribution >= 0.6 is 0 Å². The molecule has 0 atom stereocenters. The Morgan fingerprint density at radius 2 is 1.67 bits per heavy atom. The second-order valence-corrected chi connectivity index (χ2v) is 4.60. The Balaban J connectivity index is 2.31. The van der Waals surface area contributed by atoms with Gasteiger partial charge in [-0.2, -0.15) is 0 Å². The first kappa shape index (κ1) is 4.43. The van der Waals surface area contributed by atoms with Crippen LogP contribution in [0.3, 0.4) is 0 Å². The van der Waals surface area contributed by atoms with E-state index in [2.05, 4.69) is 8.23 Å². The first-order chi connectivity index (χ1) is 2.71. The molecular formula is H4O4Si2. The molecule has 0 amide bonds. The van der Waals surface area contributed by atoms with Gasteiger partial charge in [-0.3, -0.25) is 0 Å². The van der Waals surface area contributed by atoms with E-state index in [9.17, 15) is 0 Å². The molecule has 0 aromatic heterocycles. The fourth-order valence-corrected chi connectivity index (χ4v) is 1.48. The second kappa shape index (κ2) is 1.12. The van der Waals surface area contributed by atoms with Crippen LogP contribution in [-0.4, -0.2) is 28.6 Å². The van der Waals surface area contributed by atoms with E-state index in [1.807, 2.05) is 0 Å². The van der Waals surface area contributed by atoms with Crippen molar-refractivity contribution >= 4 is 19.1 Å². The molecule has 4 nitrogen and oxygen atoms in total. The van der Waals surface area contributed by atoms with Gasteiger partial charge in [-0.25, -0.2) is 0 Å². The molecule has 1 fully saturated rings. The summed E-state index contributed by atoms with van der Waals surface area (Å²) in [5.41, 5.74) is 0. The number of hydrogen-bond donors (Lipinski definition) is 2. The van der Waals surface area contributed by atoms with Crippen molar-refractivity contribution in [2.75, 3.05) is 0 Å². The normalized spacial score (nSPS) is 29.0. The highest BCUT2D eigenvalue weighted by molar-refractivity contribution is 6.68. The molecule has 1 rings (SSSR count). The summed E-state index contributed by atoms with van der Waals surface area (Å²) in [5, 5.41) is 0. The molecule has 0 aromatic carbocycles. The van der Waals surface area contributed by atoms with Crippen LogP contribution in [0.15, 0.2) is 0 Å². The number of hydrogen-bond acceptors (Lipinski definition) is 4. The molecule has 0 aromatic rings. The van der Waals surface area contributed by atoms with E-state index in [4.69, 9.17) is 9.59 Å². The van der Waals surface area contributed by atoms with Gasteiger partial charge in [-0.15, -0.1) is 0 Å². The van der Waals surface area contributed by atoms with Crippen LogP contribution in [0, 0.1) is 0 Å². The van der Waals surface area contributed by atoms with E-state index in [0.29, 0.717) is 0 Å². The van der Waals surface area contributed by atoms with Crippen LogP contribution in [0.4, 0.5) is 0 Å². The summed E-state index contributed by atoms with van der Waals surface area (Å²) in [5.74, 6) is 0.